The zero-order valence-electron chi connectivity index (χ0n) is 15.9. The van der Waals surface area contributed by atoms with E-state index in [1.807, 2.05) is 31.2 Å². The van der Waals surface area contributed by atoms with E-state index in [4.69, 9.17) is 5.41 Å². The third-order valence-electron chi connectivity index (χ3n) is 3.66. The van der Waals surface area contributed by atoms with E-state index in [0.717, 1.165) is 40.2 Å². The van der Waals surface area contributed by atoms with Crippen LogP contribution in [0.2, 0.25) is 0 Å². The first-order chi connectivity index (χ1) is 12.2. The summed E-state index contributed by atoms with van der Waals surface area (Å²) in [5, 5.41) is 8.70. The molecule has 0 aliphatic rings. The monoisotopic (exact) mass is 388 g/mol. The highest BCUT2D eigenvalue weighted by Crippen LogP contribution is 2.30. The van der Waals surface area contributed by atoms with E-state index in [1.165, 1.54) is 23.5 Å². The van der Waals surface area contributed by atoms with Crippen LogP contribution in [0.3, 0.4) is 0 Å². The van der Waals surface area contributed by atoms with Crippen molar-refractivity contribution in [2.75, 3.05) is 7.05 Å². The van der Waals surface area contributed by atoms with Crippen LogP contribution in [0.1, 0.15) is 37.3 Å². The highest BCUT2D eigenvalue weighted by atomic mass is 32.2. The quantitative estimate of drug-likeness (QED) is 0.387. The van der Waals surface area contributed by atoms with E-state index in [9.17, 15) is 4.79 Å². The summed E-state index contributed by atoms with van der Waals surface area (Å²) < 4.78 is 0. The molecule has 1 N–H and O–H groups in total. The normalized spacial score (nSPS) is 10.3. The number of allylic oxidation sites excluding steroid dienone is 2. The molecule has 5 heteroatoms. The van der Waals surface area contributed by atoms with Crippen LogP contribution < -0.4 is 0 Å². The topological polar surface area (TPSA) is 44.2 Å². The highest BCUT2D eigenvalue weighted by Gasteiger charge is 2.14. The predicted octanol–water partition coefficient (Wildman–Crippen LogP) is 6.13. The molecule has 0 aromatic heterocycles. The molecule has 0 saturated carbocycles. The fourth-order valence-corrected chi connectivity index (χ4v) is 3.79. The maximum Gasteiger partial charge on any atom is 0.231 e. The number of thioether (sulfide) groups is 2. The summed E-state index contributed by atoms with van der Waals surface area (Å²) in [7, 11) is 1.76. The van der Waals surface area contributed by atoms with Crippen molar-refractivity contribution in [2.45, 2.75) is 39.5 Å². The molecule has 0 saturated heterocycles. The molecule has 0 spiro atoms. The van der Waals surface area contributed by atoms with Gasteiger partial charge in [0.05, 0.1) is 16.5 Å². The van der Waals surface area contributed by atoms with Gasteiger partial charge in [-0.1, -0.05) is 73.1 Å². The van der Waals surface area contributed by atoms with Crippen molar-refractivity contribution in [2.24, 2.45) is 0 Å². The highest BCUT2D eigenvalue weighted by molar-refractivity contribution is 8.17. The number of rotatable bonds is 10. The number of carbonyl (C=O) groups excluding carboxylic acids is 1. The Kier molecular flexibility index (Phi) is 9.52. The second-order valence-electron chi connectivity index (χ2n) is 6.20. The Bertz CT molecular complexity index is 710. The molecule has 1 rings (SSSR count). The first-order valence-electron chi connectivity index (χ1n) is 8.46. The summed E-state index contributed by atoms with van der Waals surface area (Å²) >= 11 is 2.87. The van der Waals surface area contributed by atoms with Gasteiger partial charge in [0, 0.05) is 7.05 Å². The molecule has 0 bridgehead atoms. The van der Waals surface area contributed by atoms with Gasteiger partial charge in [0.25, 0.3) is 0 Å². The summed E-state index contributed by atoms with van der Waals surface area (Å²) in [6.07, 6.45) is 2.98. The van der Waals surface area contributed by atoms with E-state index in [2.05, 4.69) is 19.7 Å². The lowest BCUT2D eigenvalue weighted by atomic mass is 10.1. The van der Waals surface area contributed by atoms with E-state index in [1.54, 1.807) is 18.9 Å². The van der Waals surface area contributed by atoms with Crippen LogP contribution in [-0.2, 0) is 11.2 Å². The van der Waals surface area contributed by atoms with Gasteiger partial charge < -0.3 is 4.90 Å². The molecule has 3 nitrogen and oxygen atoms in total. The van der Waals surface area contributed by atoms with Crippen molar-refractivity contribution in [1.29, 1.82) is 5.41 Å². The molecule has 0 unspecified atom stereocenters. The number of amides is 1. The molecular weight excluding hydrogens is 360 g/mol. The van der Waals surface area contributed by atoms with Crippen LogP contribution in [-0.4, -0.2) is 22.9 Å². The zero-order valence-corrected chi connectivity index (χ0v) is 17.6. The average Bonchev–Trinajstić information content (AvgIpc) is 2.53. The Labute approximate surface area is 166 Å². The lowest BCUT2D eigenvalue weighted by molar-refractivity contribution is -0.127. The number of benzene rings is 1. The summed E-state index contributed by atoms with van der Waals surface area (Å²) in [4.78, 5) is 16.0. The van der Waals surface area contributed by atoms with Crippen molar-refractivity contribution in [3.05, 3.63) is 70.0 Å². The van der Waals surface area contributed by atoms with Gasteiger partial charge in [0.15, 0.2) is 0 Å². The van der Waals surface area contributed by atoms with Crippen LogP contribution in [0.5, 0.6) is 0 Å². The fraction of sp³-hybridized carbons (Fsp3) is 0.333. The minimum atomic E-state index is 0.0205. The molecule has 1 aromatic rings. The number of carbonyl (C=O) groups is 1. The van der Waals surface area contributed by atoms with Crippen LogP contribution in [0.15, 0.2) is 58.8 Å². The number of hydrogen-bond donors (Lipinski definition) is 1. The molecule has 0 radical (unpaired) electrons. The predicted molar refractivity (Wildman–Crippen MR) is 118 cm³/mol. The van der Waals surface area contributed by atoms with Crippen molar-refractivity contribution in [3.8, 4) is 0 Å². The second kappa shape index (κ2) is 11.1. The third-order valence-corrected chi connectivity index (χ3v) is 5.46. The van der Waals surface area contributed by atoms with E-state index in [-0.39, 0.29) is 5.91 Å². The van der Waals surface area contributed by atoms with Gasteiger partial charge in [-0.25, -0.2) is 0 Å². The van der Waals surface area contributed by atoms with Gasteiger partial charge in [-0.15, -0.1) is 0 Å². The SMILES string of the molecule is C=C(CCCC(=C)SC(C)=N)SC(=C)N(C)C(=O)Cc1cccc(C)c1. The Morgan fingerprint density at radius 1 is 1.15 bits per heavy atom. The standard InChI is InChI=1S/C21H28N2OS2/c1-15-9-7-12-20(13-15)14-21(24)23(6)19(5)26-17(3)11-8-10-16(2)25-18(4)22/h7,9,12-13,22H,2-3,5,8,10-11,14H2,1,4,6H3. The van der Waals surface area contributed by atoms with Crippen LogP contribution in [0.25, 0.3) is 0 Å². The smallest absolute Gasteiger partial charge is 0.231 e. The van der Waals surface area contributed by atoms with Gasteiger partial charge in [0.2, 0.25) is 5.91 Å². The number of nitrogens with one attached hydrogen (secondary N) is 1. The minimum absolute atomic E-state index is 0.0205. The second-order valence-corrected chi connectivity index (χ2v) is 8.85. The van der Waals surface area contributed by atoms with Crippen LogP contribution >= 0.6 is 23.5 Å². The van der Waals surface area contributed by atoms with E-state index < -0.39 is 0 Å². The molecular formula is C21H28N2OS2. The fourth-order valence-electron chi connectivity index (χ4n) is 2.29. The van der Waals surface area contributed by atoms with Gasteiger partial charge in [-0.3, -0.25) is 10.2 Å². The molecule has 0 atom stereocenters. The van der Waals surface area contributed by atoms with Crippen LogP contribution in [0.4, 0.5) is 0 Å². The molecule has 1 aromatic carbocycles. The van der Waals surface area contributed by atoms with Gasteiger partial charge in [-0.2, -0.15) is 0 Å². The molecule has 0 fully saturated rings. The molecule has 0 aliphatic carbocycles. The maximum absolute atomic E-state index is 12.4. The minimum Gasteiger partial charge on any atom is -0.310 e. The van der Waals surface area contributed by atoms with Gasteiger partial charge in [0.1, 0.15) is 0 Å². The van der Waals surface area contributed by atoms with E-state index >= 15 is 0 Å². The summed E-state index contributed by atoms with van der Waals surface area (Å²) in [5.74, 6) is 0.0205. The first kappa shape index (κ1) is 22.3. The lowest BCUT2D eigenvalue weighted by Crippen LogP contribution is -2.26. The molecule has 1 amide bonds. The van der Waals surface area contributed by atoms with Crippen molar-refractivity contribution in [1.82, 2.24) is 4.90 Å². The zero-order chi connectivity index (χ0) is 19.7. The molecule has 0 heterocycles. The number of nitrogens with zero attached hydrogens (tertiary/aromatic N) is 1. The van der Waals surface area contributed by atoms with Crippen LogP contribution in [0, 0.1) is 12.3 Å². The summed E-state index contributed by atoms with van der Waals surface area (Å²) in [5.41, 5.74) is 2.16. The Balaban J connectivity index is 2.40. The number of aryl methyl sites for hydroxylation is 1. The Hall–Kier alpha value is -1.72. The van der Waals surface area contributed by atoms with Gasteiger partial charge >= 0.3 is 0 Å². The van der Waals surface area contributed by atoms with Crippen molar-refractivity contribution >= 4 is 34.5 Å². The molecule has 26 heavy (non-hydrogen) atoms. The van der Waals surface area contributed by atoms with Crippen molar-refractivity contribution < 1.29 is 4.79 Å². The molecule has 0 aliphatic heterocycles. The summed E-state index contributed by atoms with van der Waals surface area (Å²) in [6, 6.07) is 7.98. The maximum atomic E-state index is 12.4. The Morgan fingerprint density at radius 3 is 2.35 bits per heavy atom. The first-order valence-corrected chi connectivity index (χ1v) is 10.1. The largest absolute Gasteiger partial charge is 0.310 e. The molecule has 140 valence electrons. The Morgan fingerprint density at radius 2 is 1.77 bits per heavy atom. The van der Waals surface area contributed by atoms with Gasteiger partial charge in [-0.05, 0) is 48.5 Å². The number of hydrogen-bond acceptors (Lipinski definition) is 4. The lowest BCUT2D eigenvalue weighted by Gasteiger charge is -2.20. The average molecular weight is 389 g/mol. The summed E-state index contributed by atoms with van der Waals surface area (Å²) in [6.45, 7) is 15.8. The van der Waals surface area contributed by atoms with E-state index in [0.29, 0.717) is 16.5 Å². The third kappa shape index (κ3) is 8.59. The number of likely N-dealkylation sites (N-methyl/N-ethyl adjacent to an activating group) is 1. The van der Waals surface area contributed by atoms with Crippen molar-refractivity contribution in [3.63, 3.8) is 0 Å².